The van der Waals surface area contributed by atoms with Gasteiger partial charge in [0.1, 0.15) is 0 Å². The molecule has 0 aromatic rings. The second kappa shape index (κ2) is 14.6. The normalized spacial score (nSPS) is 9.62. The summed E-state index contributed by atoms with van der Waals surface area (Å²) in [6.07, 6.45) is 4.91. The quantitative estimate of drug-likeness (QED) is 0.521. The van der Waals surface area contributed by atoms with Gasteiger partial charge in [-0.05, 0) is 12.8 Å². The van der Waals surface area contributed by atoms with Crippen LogP contribution in [-0.2, 0) is 9.30 Å². The topological polar surface area (TPSA) is 66.8 Å². The molecule has 0 saturated carbocycles. The van der Waals surface area contributed by atoms with Gasteiger partial charge >= 0.3 is 8.25 Å². The minimum atomic E-state index is -3.13. The molecule has 0 unspecified atom stereocenters. The van der Waals surface area contributed by atoms with Gasteiger partial charge in [0, 0.05) is 13.2 Å². The number of hydrogen-bond donors (Lipinski definition) is 2. The molecular formula is C8H21O4P. The predicted molar refractivity (Wildman–Crippen MR) is 54.1 cm³/mol. The lowest BCUT2D eigenvalue weighted by molar-refractivity contribution is 0.128. The maximum atomic E-state index is 8.74. The molecule has 0 aliphatic rings. The van der Waals surface area contributed by atoms with E-state index < -0.39 is 8.25 Å². The highest BCUT2D eigenvalue weighted by molar-refractivity contribution is 7.30. The minimum Gasteiger partial charge on any atom is -0.381 e. The van der Waals surface area contributed by atoms with Gasteiger partial charge in [-0.15, -0.1) is 0 Å². The van der Waals surface area contributed by atoms with Gasteiger partial charge in [-0.25, -0.2) is 0 Å². The molecule has 0 amide bonds. The molecular weight excluding hydrogens is 191 g/mol. The molecule has 0 spiro atoms. The molecule has 0 saturated heterocycles. The van der Waals surface area contributed by atoms with Crippen molar-refractivity contribution in [3.63, 3.8) is 0 Å². The van der Waals surface area contributed by atoms with Gasteiger partial charge in [0.05, 0.1) is 0 Å². The summed E-state index contributed by atoms with van der Waals surface area (Å²) in [4.78, 5) is 14.3. The van der Waals surface area contributed by atoms with E-state index in [1.807, 2.05) is 0 Å². The van der Waals surface area contributed by atoms with E-state index in [0.717, 1.165) is 13.2 Å². The third kappa shape index (κ3) is 33.2. The van der Waals surface area contributed by atoms with Crippen LogP contribution in [0.4, 0.5) is 0 Å². The molecule has 5 heteroatoms. The molecule has 0 atom stereocenters. The van der Waals surface area contributed by atoms with E-state index in [9.17, 15) is 0 Å². The van der Waals surface area contributed by atoms with Crippen LogP contribution in [0.1, 0.15) is 39.5 Å². The van der Waals surface area contributed by atoms with Crippen LogP contribution < -0.4 is 0 Å². The summed E-state index contributed by atoms with van der Waals surface area (Å²) < 4.78 is 14.1. The lowest BCUT2D eigenvalue weighted by Crippen LogP contribution is -1.95. The van der Waals surface area contributed by atoms with Crippen molar-refractivity contribution in [2.75, 3.05) is 13.2 Å². The van der Waals surface area contributed by atoms with Gasteiger partial charge in [0.15, 0.2) is 0 Å². The summed E-state index contributed by atoms with van der Waals surface area (Å²) in [5.74, 6) is 0. The SMILES string of the molecule is CCCCOCCCC.O=[PH](O)O. The summed E-state index contributed by atoms with van der Waals surface area (Å²) >= 11 is 0. The Morgan fingerprint density at radius 3 is 1.62 bits per heavy atom. The Bertz CT molecular complexity index is 98.3. The van der Waals surface area contributed by atoms with E-state index in [4.69, 9.17) is 19.1 Å². The third-order valence-corrected chi connectivity index (χ3v) is 1.28. The number of unbranched alkanes of at least 4 members (excludes halogenated alkanes) is 2. The second-order valence-corrected chi connectivity index (χ2v) is 3.17. The summed E-state index contributed by atoms with van der Waals surface area (Å²) in [5.41, 5.74) is 0. The fraction of sp³-hybridized carbons (Fsp3) is 1.00. The minimum absolute atomic E-state index is 0.955. The van der Waals surface area contributed by atoms with Gasteiger partial charge in [0.2, 0.25) is 0 Å². The average Bonchev–Trinajstić information content (AvgIpc) is 2.03. The largest absolute Gasteiger partial charge is 0.381 e. The molecule has 13 heavy (non-hydrogen) atoms. The lowest BCUT2D eigenvalue weighted by Gasteiger charge is -1.99. The molecule has 0 aromatic carbocycles. The van der Waals surface area contributed by atoms with Gasteiger partial charge < -0.3 is 14.5 Å². The maximum Gasteiger partial charge on any atom is 0.314 e. The fourth-order valence-electron chi connectivity index (χ4n) is 0.595. The molecule has 0 fully saturated rings. The molecule has 4 nitrogen and oxygen atoms in total. The Labute approximate surface area is 80.9 Å². The van der Waals surface area contributed by atoms with Crippen LogP contribution >= 0.6 is 8.25 Å². The third-order valence-electron chi connectivity index (χ3n) is 1.28. The summed E-state index contributed by atoms with van der Waals surface area (Å²) in [7, 11) is -3.13. The standard InChI is InChI=1S/C8H18O.H3O3P/c1-3-5-7-9-8-6-4-2;1-4(2)3/h3-8H2,1-2H3;4H,(H2,1,2,3). The first-order chi connectivity index (χ1) is 6.15. The lowest BCUT2D eigenvalue weighted by atomic mass is 10.3. The molecule has 0 bridgehead atoms. The second-order valence-electron chi connectivity index (χ2n) is 2.60. The van der Waals surface area contributed by atoms with Crippen molar-refractivity contribution < 1.29 is 19.1 Å². The van der Waals surface area contributed by atoms with Crippen LogP contribution in [0.25, 0.3) is 0 Å². The Morgan fingerprint density at radius 1 is 1.08 bits per heavy atom. The van der Waals surface area contributed by atoms with Gasteiger partial charge in [-0.3, -0.25) is 4.57 Å². The van der Waals surface area contributed by atoms with E-state index in [1.165, 1.54) is 25.7 Å². The summed E-state index contributed by atoms with van der Waals surface area (Å²) in [6, 6.07) is 0. The smallest absolute Gasteiger partial charge is 0.314 e. The Morgan fingerprint density at radius 2 is 1.38 bits per heavy atom. The zero-order valence-electron chi connectivity index (χ0n) is 8.45. The van der Waals surface area contributed by atoms with E-state index in [1.54, 1.807) is 0 Å². The van der Waals surface area contributed by atoms with Crippen molar-refractivity contribution >= 4 is 8.25 Å². The molecule has 0 aliphatic carbocycles. The Balaban J connectivity index is 0. The highest BCUT2D eigenvalue weighted by atomic mass is 31.1. The fourth-order valence-corrected chi connectivity index (χ4v) is 0.595. The summed E-state index contributed by atoms with van der Waals surface area (Å²) in [6.45, 7) is 6.28. The van der Waals surface area contributed by atoms with Gasteiger partial charge in [0.25, 0.3) is 0 Å². The number of ether oxygens (including phenoxy) is 1. The van der Waals surface area contributed by atoms with E-state index >= 15 is 0 Å². The van der Waals surface area contributed by atoms with E-state index in [2.05, 4.69) is 13.8 Å². The van der Waals surface area contributed by atoms with Crippen LogP contribution in [0, 0.1) is 0 Å². The molecule has 0 aliphatic heterocycles. The van der Waals surface area contributed by atoms with E-state index in [0.29, 0.717) is 0 Å². The zero-order chi connectivity index (χ0) is 10.5. The molecule has 0 rings (SSSR count). The molecule has 0 heterocycles. The zero-order valence-corrected chi connectivity index (χ0v) is 9.45. The van der Waals surface area contributed by atoms with Gasteiger partial charge in [-0.1, -0.05) is 26.7 Å². The van der Waals surface area contributed by atoms with Crippen molar-refractivity contribution in [1.29, 1.82) is 0 Å². The highest BCUT2D eigenvalue weighted by Gasteiger charge is 1.84. The Hall–Kier alpha value is 0.110. The summed E-state index contributed by atoms with van der Waals surface area (Å²) in [5, 5.41) is 0. The van der Waals surface area contributed by atoms with E-state index in [-0.39, 0.29) is 0 Å². The first-order valence-corrected chi connectivity index (χ1v) is 5.95. The van der Waals surface area contributed by atoms with Crippen molar-refractivity contribution in [3.05, 3.63) is 0 Å². The van der Waals surface area contributed by atoms with Crippen molar-refractivity contribution in [1.82, 2.24) is 0 Å². The molecule has 82 valence electrons. The monoisotopic (exact) mass is 212 g/mol. The number of rotatable bonds is 6. The van der Waals surface area contributed by atoms with Gasteiger partial charge in [-0.2, -0.15) is 0 Å². The van der Waals surface area contributed by atoms with Crippen LogP contribution in [-0.4, -0.2) is 23.0 Å². The average molecular weight is 212 g/mol. The molecule has 2 N–H and O–H groups in total. The van der Waals surface area contributed by atoms with Crippen LogP contribution in [0.5, 0.6) is 0 Å². The Kier molecular flexibility index (Phi) is 17.5. The first-order valence-electron chi connectivity index (χ1n) is 4.64. The first kappa shape index (κ1) is 15.6. The van der Waals surface area contributed by atoms with Crippen molar-refractivity contribution in [2.45, 2.75) is 39.5 Å². The van der Waals surface area contributed by atoms with Crippen molar-refractivity contribution in [2.24, 2.45) is 0 Å². The van der Waals surface area contributed by atoms with Crippen LogP contribution in [0.15, 0.2) is 0 Å². The molecule has 0 radical (unpaired) electrons. The maximum absolute atomic E-state index is 8.74. The number of hydrogen-bond acceptors (Lipinski definition) is 2. The highest BCUT2D eigenvalue weighted by Crippen LogP contribution is 1.98. The molecule has 0 aromatic heterocycles. The van der Waals surface area contributed by atoms with Crippen LogP contribution in [0.3, 0.4) is 0 Å². The van der Waals surface area contributed by atoms with Crippen LogP contribution in [0.2, 0.25) is 0 Å². The predicted octanol–water partition coefficient (Wildman–Crippen LogP) is 1.96. The van der Waals surface area contributed by atoms with Crippen molar-refractivity contribution in [3.8, 4) is 0 Å².